The second-order valence-electron chi connectivity index (χ2n) is 14.8. The van der Waals surface area contributed by atoms with Crippen LogP contribution in [0.4, 0.5) is 0 Å². The fourth-order valence-corrected chi connectivity index (χ4v) is 11.7. The third kappa shape index (κ3) is 4.98. The summed E-state index contributed by atoms with van der Waals surface area (Å²) in [5.74, 6) is 0. The zero-order chi connectivity index (χ0) is 36.6. The summed E-state index contributed by atoms with van der Waals surface area (Å²) in [6.07, 6.45) is 0. The van der Waals surface area contributed by atoms with Gasteiger partial charge in [-0.2, -0.15) is 0 Å². The molecule has 0 nitrogen and oxygen atoms in total. The van der Waals surface area contributed by atoms with Crippen LogP contribution in [-0.2, 0) is 0 Å². The Labute approximate surface area is 326 Å². The van der Waals surface area contributed by atoms with Crippen LogP contribution in [0.5, 0.6) is 0 Å². The average Bonchev–Trinajstić information content (AvgIpc) is 3.60. The Morgan fingerprint density at radius 3 is 1.18 bits per heavy atom. The van der Waals surface area contributed by atoms with E-state index in [1.165, 1.54) is 118 Å². The summed E-state index contributed by atoms with van der Waals surface area (Å²) in [5, 5.41) is 13.2. The summed E-state index contributed by atoms with van der Waals surface area (Å²) in [5.41, 5.74) is 13.1. The molecule has 1 aromatic heterocycles. The van der Waals surface area contributed by atoms with Gasteiger partial charge in [0.25, 0.3) is 0 Å². The Morgan fingerprint density at radius 1 is 0.255 bits per heavy atom. The van der Waals surface area contributed by atoms with E-state index in [1.54, 1.807) is 0 Å². The normalized spacial score (nSPS) is 11.8. The van der Waals surface area contributed by atoms with E-state index in [-0.39, 0.29) is 14.5 Å². The number of hydrogen-bond donors (Lipinski definition) is 0. The molecule has 0 aliphatic rings. The summed E-state index contributed by atoms with van der Waals surface area (Å²) in [6.45, 7) is 4.49. The van der Waals surface area contributed by atoms with Gasteiger partial charge in [0, 0.05) is 0 Å². The van der Waals surface area contributed by atoms with Crippen molar-refractivity contribution in [3.05, 3.63) is 193 Å². The van der Waals surface area contributed by atoms with Crippen LogP contribution in [-0.4, -0.2) is 14.5 Å². The summed E-state index contributed by atoms with van der Waals surface area (Å²) in [7, 11) is 0. The molecule has 0 saturated heterocycles. The molecule has 1 heteroatoms. The number of hydrogen-bond acceptors (Lipinski definition) is 0. The molecule has 0 spiro atoms. The van der Waals surface area contributed by atoms with E-state index < -0.39 is 0 Å². The van der Waals surface area contributed by atoms with Gasteiger partial charge in [0.1, 0.15) is 0 Å². The van der Waals surface area contributed by atoms with Crippen molar-refractivity contribution in [2.24, 2.45) is 0 Å². The molecule has 0 bridgehead atoms. The Balaban J connectivity index is 1.13. The molecule has 0 atom stereocenters. The van der Waals surface area contributed by atoms with Crippen molar-refractivity contribution in [1.29, 1.82) is 0 Å². The molecule has 0 saturated carbocycles. The molecule has 10 aromatic carbocycles. The van der Waals surface area contributed by atoms with Crippen molar-refractivity contribution in [2.45, 2.75) is 13.8 Å². The van der Waals surface area contributed by atoms with Crippen molar-refractivity contribution in [3.63, 3.8) is 0 Å². The van der Waals surface area contributed by atoms with E-state index in [0.29, 0.717) is 0 Å². The van der Waals surface area contributed by atoms with E-state index in [1.807, 2.05) is 0 Å². The molecule has 0 fully saturated rings. The van der Waals surface area contributed by atoms with Crippen LogP contribution in [0.1, 0.15) is 11.1 Å². The topological polar surface area (TPSA) is 0 Å². The van der Waals surface area contributed by atoms with Crippen molar-refractivity contribution in [2.75, 3.05) is 0 Å². The van der Waals surface area contributed by atoms with Gasteiger partial charge in [-0.25, -0.2) is 0 Å². The Hall–Kier alpha value is -6.24. The molecular formula is C54H36Se. The number of benzene rings is 10. The molecule has 0 radical (unpaired) electrons. The van der Waals surface area contributed by atoms with Gasteiger partial charge in [-0.3, -0.25) is 0 Å². The van der Waals surface area contributed by atoms with Gasteiger partial charge < -0.3 is 0 Å². The standard InChI is InChI=1S/C54H36Se/c1-33-15-14-16-34(2)50(33)54-45-25-12-10-23-43(45)52(44-24-11-13-26-46(44)54)36-28-30-48-47(31-36)38-29-27-37(32-49(38)55-48)53-41-21-8-6-19-39(41)51(35-17-4-3-5-18-35)40-20-7-9-22-42(40)53/h3-32H,1-2H3. The SMILES string of the molecule is Cc1cccc(C)c1-c1c2ccccc2c(-c2ccc3[se]c4cc(-c5c6ccccc6c(-c6ccccc6)c6ccccc56)ccc4c3c2)c2ccccc12. The minimum atomic E-state index is 0.213. The molecule has 0 unspecified atom stereocenters. The number of aryl methyl sites for hydroxylation is 2. The predicted octanol–water partition coefficient (Wildman–Crippen LogP) is 14.9. The van der Waals surface area contributed by atoms with E-state index in [4.69, 9.17) is 0 Å². The van der Waals surface area contributed by atoms with Crippen LogP contribution in [0, 0.1) is 13.8 Å². The average molecular weight is 764 g/mol. The minimum absolute atomic E-state index is 0.213. The molecule has 11 rings (SSSR count). The maximum atomic E-state index is 2.50. The summed E-state index contributed by atoms with van der Waals surface area (Å²) in [4.78, 5) is 0. The van der Waals surface area contributed by atoms with Crippen LogP contribution < -0.4 is 0 Å². The van der Waals surface area contributed by atoms with Gasteiger partial charge in [-0.15, -0.1) is 0 Å². The summed E-state index contributed by atoms with van der Waals surface area (Å²) in [6, 6.07) is 68.1. The fraction of sp³-hybridized carbons (Fsp3) is 0.0370. The number of rotatable bonds is 4. The van der Waals surface area contributed by atoms with Crippen LogP contribution >= 0.6 is 0 Å². The zero-order valence-electron chi connectivity index (χ0n) is 30.7. The first-order valence-electron chi connectivity index (χ1n) is 19.1. The van der Waals surface area contributed by atoms with Crippen LogP contribution in [0.15, 0.2) is 182 Å². The van der Waals surface area contributed by atoms with Crippen LogP contribution in [0.3, 0.4) is 0 Å². The Kier molecular flexibility index (Phi) is 7.42. The predicted molar refractivity (Wildman–Crippen MR) is 240 cm³/mol. The first-order chi connectivity index (χ1) is 27.1. The molecule has 0 aliphatic heterocycles. The number of fused-ring (bicyclic) bond motifs is 7. The second-order valence-corrected chi connectivity index (χ2v) is 17.1. The van der Waals surface area contributed by atoms with E-state index >= 15 is 0 Å². The summed E-state index contributed by atoms with van der Waals surface area (Å²) >= 11 is 0.213. The van der Waals surface area contributed by atoms with Crippen molar-refractivity contribution in [3.8, 4) is 44.5 Å². The van der Waals surface area contributed by atoms with E-state index in [2.05, 4.69) is 196 Å². The van der Waals surface area contributed by atoms with Gasteiger partial charge in [0.15, 0.2) is 0 Å². The molecule has 0 amide bonds. The van der Waals surface area contributed by atoms with Crippen molar-refractivity contribution in [1.82, 2.24) is 0 Å². The molecule has 258 valence electrons. The van der Waals surface area contributed by atoms with Gasteiger partial charge in [-0.1, -0.05) is 0 Å². The van der Waals surface area contributed by atoms with Crippen molar-refractivity contribution < 1.29 is 0 Å². The molecule has 0 N–H and O–H groups in total. The molecule has 1 heterocycles. The Bertz CT molecular complexity index is 3190. The fourth-order valence-electron chi connectivity index (χ4n) is 9.36. The molecule has 55 heavy (non-hydrogen) atoms. The van der Waals surface area contributed by atoms with Gasteiger partial charge in [0.2, 0.25) is 0 Å². The maximum absolute atomic E-state index is 2.50. The second kappa shape index (κ2) is 12.7. The third-order valence-corrected chi connectivity index (χ3v) is 14.1. The monoisotopic (exact) mass is 764 g/mol. The van der Waals surface area contributed by atoms with Gasteiger partial charge in [0.05, 0.1) is 0 Å². The third-order valence-electron chi connectivity index (χ3n) is 11.7. The quantitative estimate of drug-likeness (QED) is 0.124. The Morgan fingerprint density at radius 2 is 0.673 bits per heavy atom. The summed E-state index contributed by atoms with van der Waals surface area (Å²) < 4.78 is 2.91. The first kappa shape index (κ1) is 32.2. The van der Waals surface area contributed by atoms with Gasteiger partial charge in [-0.05, 0) is 0 Å². The molecule has 0 aliphatic carbocycles. The molecule has 11 aromatic rings. The van der Waals surface area contributed by atoms with Gasteiger partial charge >= 0.3 is 328 Å². The first-order valence-corrected chi connectivity index (χ1v) is 20.8. The van der Waals surface area contributed by atoms with E-state index in [0.717, 1.165) is 0 Å². The molecular weight excluding hydrogens is 728 g/mol. The van der Waals surface area contributed by atoms with Crippen LogP contribution in [0.2, 0.25) is 0 Å². The zero-order valence-corrected chi connectivity index (χ0v) is 32.4. The van der Waals surface area contributed by atoms with E-state index in [9.17, 15) is 0 Å². The van der Waals surface area contributed by atoms with Crippen LogP contribution in [0.25, 0.3) is 107 Å². The van der Waals surface area contributed by atoms with Crippen molar-refractivity contribution >= 4 is 76.9 Å².